The number of aliphatic carboxylic acids is 1. The van der Waals surface area contributed by atoms with Crippen molar-refractivity contribution in [1.82, 2.24) is 8.75 Å². The van der Waals surface area contributed by atoms with Crippen molar-refractivity contribution in [2.45, 2.75) is 6.42 Å². The van der Waals surface area contributed by atoms with Crippen molar-refractivity contribution in [2.24, 2.45) is 0 Å². The zero-order valence-corrected chi connectivity index (χ0v) is 24.8. The molecular formula is C30H28N2O10S. The number of carbonyl (C=O) groups excluding carboxylic acids is 2. The van der Waals surface area contributed by atoms with Crippen molar-refractivity contribution >= 4 is 46.1 Å². The topological polar surface area (TPSA) is 153 Å². The van der Waals surface area contributed by atoms with Gasteiger partial charge in [0.15, 0.2) is 23.9 Å². The minimum Gasteiger partial charge on any atom is -0.497 e. The molecule has 0 saturated heterocycles. The number of carboxylic acids is 1. The van der Waals surface area contributed by atoms with E-state index in [9.17, 15) is 19.5 Å². The van der Waals surface area contributed by atoms with Gasteiger partial charge >= 0.3 is 11.9 Å². The van der Waals surface area contributed by atoms with Gasteiger partial charge in [0.2, 0.25) is 5.75 Å². The molecule has 12 nitrogen and oxygen atoms in total. The van der Waals surface area contributed by atoms with E-state index < -0.39 is 24.3 Å². The van der Waals surface area contributed by atoms with E-state index in [4.69, 9.17) is 23.7 Å². The number of ether oxygens (including phenoxy) is 6. The molecule has 1 aromatic heterocycles. The second-order valence-corrected chi connectivity index (χ2v) is 9.41. The molecule has 0 aliphatic carbocycles. The third kappa shape index (κ3) is 6.67. The molecule has 1 N–H and O–H groups in total. The van der Waals surface area contributed by atoms with Crippen molar-refractivity contribution < 1.29 is 47.9 Å². The highest BCUT2D eigenvalue weighted by molar-refractivity contribution is 7.00. The van der Waals surface area contributed by atoms with Crippen molar-refractivity contribution in [3.05, 3.63) is 70.8 Å². The second kappa shape index (κ2) is 13.7. The lowest BCUT2D eigenvalue weighted by Gasteiger charge is -2.18. The summed E-state index contributed by atoms with van der Waals surface area (Å²) in [6.07, 6.45) is -0.203. The Kier molecular flexibility index (Phi) is 9.78. The van der Waals surface area contributed by atoms with Crippen LogP contribution in [-0.4, -0.2) is 73.7 Å². The zero-order valence-electron chi connectivity index (χ0n) is 24.0. The van der Waals surface area contributed by atoms with Gasteiger partial charge in [0.25, 0.3) is 0 Å². The first-order chi connectivity index (χ1) is 20.7. The van der Waals surface area contributed by atoms with Crippen LogP contribution in [0.2, 0.25) is 0 Å². The number of nitrogens with zero attached hydrogens (tertiary/aromatic N) is 2. The summed E-state index contributed by atoms with van der Waals surface area (Å²) in [7, 11) is 6.93. The molecule has 4 aromatic rings. The van der Waals surface area contributed by atoms with Crippen LogP contribution in [0.5, 0.6) is 28.7 Å². The molecule has 0 unspecified atom stereocenters. The molecule has 0 radical (unpaired) electrons. The Morgan fingerprint density at radius 1 is 0.767 bits per heavy atom. The maximum Gasteiger partial charge on any atom is 0.343 e. The molecule has 43 heavy (non-hydrogen) atoms. The van der Waals surface area contributed by atoms with Crippen LogP contribution in [0.4, 0.5) is 0 Å². The average Bonchev–Trinajstić information content (AvgIpc) is 3.50. The van der Waals surface area contributed by atoms with E-state index in [1.54, 1.807) is 30.3 Å². The SMILES string of the molecule is COC(=O)COc1cc(OC)ccc1CC(C(=O)c1cc(OC)c(OC)c(OC)c1)=C(C(=O)O)c1ccc2nsnc2c1. The second-order valence-electron chi connectivity index (χ2n) is 8.88. The Hall–Kier alpha value is -5.17. The monoisotopic (exact) mass is 608 g/mol. The molecule has 0 aliphatic heterocycles. The first-order valence-corrected chi connectivity index (χ1v) is 13.4. The molecule has 0 saturated carbocycles. The summed E-state index contributed by atoms with van der Waals surface area (Å²) in [6.45, 7) is -0.421. The third-order valence-electron chi connectivity index (χ3n) is 6.47. The van der Waals surface area contributed by atoms with Crippen LogP contribution in [0, 0.1) is 0 Å². The number of methoxy groups -OCH3 is 5. The van der Waals surface area contributed by atoms with Crippen LogP contribution in [-0.2, 0) is 20.7 Å². The third-order valence-corrected chi connectivity index (χ3v) is 7.03. The highest BCUT2D eigenvalue weighted by Gasteiger charge is 2.27. The Morgan fingerprint density at radius 3 is 2.07 bits per heavy atom. The van der Waals surface area contributed by atoms with Crippen LogP contribution >= 0.6 is 11.7 Å². The van der Waals surface area contributed by atoms with Gasteiger partial charge < -0.3 is 33.5 Å². The lowest BCUT2D eigenvalue weighted by atomic mass is 9.88. The molecule has 224 valence electrons. The lowest BCUT2D eigenvalue weighted by molar-refractivity contribution is -0.143. The van der Waals surface area contributed by atoms with Gasteiger partial charge in [-0.25, -0.2) is 9.59 Å². The van der Waals surface area contributed by atoms with E-state index in [1.165, 1.54) is 53.7 Å². The van der Waals surface area contributed by atoms with E-state index in [-0.39, 0.29) is 51.7 Å². The summed E-state index contributed by atoms with van der Waals surface area (Å²) >= 11 is 0.986. The number of carbonyl (C=O) groups is 3. The minimum absolute atomic E-state index is 0.0857. The van der Waals surface area contributed by atoms with Gasteiger partial charge in [-0.1, -0.05) is 12.1 Å². The molecular weight excluding hydrogens is 580 g/mol. The predicted octanol–water partition coefficient (Wildman–Crippen LogP) is 4.24. The largest absolute Gasteiger partial charge is 0.497 e. The maximum absolute atomic E-state index is 14.3. The van der Waals surface area contributed by atoms with Crippen LogP contribution in [0.1, 0.15) is 21.5 Å². The summed E-state index contributed by atoms with van der Waals surface area (Å²) in [4.78, 5) is 39.1. The summed E-state index contributed by atoms with van der Waals surface area (Å²) in [5, 5.41) is 10.5. The molecule has 0 amide bonds. The number of ketones is 1. The van der Waals surface area contributed by atoms with Crippen LogP contribution in [0.25, 0.3) is 16.6 Å². The molecule has 0 atom stereocenters. The Morgan fingerprint density at radius 2 is 1.47 bits per heavy atom. The number of hydrogen-bond acceptors (Lipinski definition) is 12. The van der Waals surface area contributed by atoms with Crippen molar-refractivity contribution in [1.29, 1.82) is 0 Å². The highest BCUT2D eigenvalue weighted by Crippen LogP contribution is 2.40. The van der Waals surface area contributed by atoms with Crippen molar-refractivity contribution in [3.63, 3.8) is 0 Å². The van der Waals surface area contributed by atoms with Crippen LogP contribution < -0.4 is 23.7 Å². The van der Waals surface area contributed by atoms with E-state index >= 15 is 0 Å². The van der Waals surface area contributed by atoms with Crippen LogP contribution in [0.15, 0.2) is 54.1 Å². The van der Waals surface area contributed by atoms with Gasteiger partial charge in [-0.15, -0.1) is 0 Å². The highest BCUT2D eigenvalue weighted by atomic mass is 32.1. The Balaban J connectivity index is 1.95. The fourth-order valence-corrected chi connectivity index (χ4v) is 4.88. The number of Topliss-reactive ketones (excluding diaryl/α,β-unsaturated/α-hetero) is 1. The summed E-state index contributed by atoms with van der Waals surface area (Å²) in [5.74, 6) is -1.29. The number of fused-ring (bicyclic) bond motifs is 1. The van der Waals surface area contributed by atoms with Gasteiger partial charge in [-0.3, -0.25) is 4.79 Å². The molecule has 13 heteroatoms. The first kappa shape index (κ1) is 30.8. The number of esters is 1. The first-order valence-electron chi connectivity index (χ1n) is 12.6. The van der Waals surface area contributed by atoms with Gasteiger partial charge in [-0.05, 0) is 41.5 Å². The summed E-state index contributed by atoms with van der Waals surface area (Å²) in [5.41, 5.74) is 1.47. The summed E-state index contributed by atoms with van der Waals surface area (Å²) in [6, 6.07) is 12.4. The lowest BCUT2D eigenvalue weighted by Crippen LogP contribution is -2.16. The molecule has 0 fully saturated rings. The number of hydrogen-bond donors (Lipinski definition) is 1. The number of aromatic nitrogens is 2. The molecule has 4 rings (SSSR count). The number of benzene rings is 3. The van der Waals surface area contributed by atoms with Gasteiger partial charge in [-0.2, -0.15) is 8.75 Å². The molecule has 0 bridgehead atoms. The molecule has 0 aliphatic rings. The molecule has 3 aromatic carbocycles. The summed E-state index contributed by atoms with van der Waals surface area (Å²) < 4.78 is 40.3. The van der Waals surface area contributed by atoms with E-state index in [2.05, 4.69) is 13.5 Å². The van der Waals surface area contributed by atoms with Gasteiger partial charge in [0.05, 0.1) is 52.9 Å². The normalized spacial score (nSPS) is 11.4. The fourth-order valence-electron chi connectivity index (χ4n) is 4.36. The smallest absolute Gasteiger partial charge is 0.343 e. The number of rotatable bonds is 13. The minimum atomic E-state index is -1.34. The maximum atomic E-state index is 14.3. The van der Waals surface area contributed by atoms with E-state index in [1.807, 2.05) is 0 Å². The fraction of sp³-hybridized carbons (Fsp3) is 0.233. The van der Waals surface area contributed by atoms with E-state index in [0.717, 1.165) is 11.7 Å². The number of allylic oxidation sites excluding steroid dienone is 1. The zero-order chi connectivity index (χ0) is 31.1. The van der Waals surface area contributed by atoms with Gasteiger partial charge in [0.1, 0.15) is 22.5 Å². The van der Waals surface area contributed by atoms with Crippen LogP contribution in [0.3, 0.4) is 0 Å². The average molecular weight is 609 g/mol. The number of carboxylic acid groups (broad SMARTS) is 1. The van der Waals surface area contributed by atoms with Crippen molar-refractivity contribution in [2.75, 3.05) is 42.2 Å². The van der Waals surface area contributed by atoms with Gasteiger partial charge in [0, 0.05) is 23.6 Å². The Bertz CT molecular complexity index is 1690. The molecule has 1 heterocycles. The van der Waals surface area contributed by atoms with Crippen molar-refractivity contribution in [3.8, 4) is 28.7 Å². The standard InChI is InChI=1S/C30H28N2O10S/c1-37-19-8-6-16(23(14-19)42-15-26(33)40-4)10-20(27(30(35)36)17-7-9-21-22(11-17)32-43-31-21)28(34)18-12-24(38-2)29(41-5)25(13-18)39-3/h6-9,11-14H,10,15H2,1-5H3,(H,35,36). The quantitative estimate of drug-likeness (QED) is 0.131. The molecule has 0 spiro atoms. The predicted molar refractivity (Wildman–Crippen MR) is 157 cm³/mol. The Labute approximate surface area is 250 Å². The van der Waals surface area contributed by atoms with E-state index in [0.29, 0.717) is 22.3 Å².